The quantitative estimate of drug-likeness (QED) is 0.667. The van der Waals surface area contributed by atoms with Crippen LogP contribution < -0.4 is 5.32 Å². The van der Waals surface area contributed by atoms with Gasteiger partial charge in [-0.3, -0.25) is 0 Å². The Kier molecular flexibility index (Phi) is 3.16. The van der Waals surface area contributed by atoms with Crippen molar-refractivity contribution in [2.75, 3.05) is 20.2 Å². The molecule has 2 nitrogen and oxygen atoms in total. The van der Waals surface area contributed by atoms with Crippen molar-refractivity contribution < 1.29 is 17.9 Å². The molecule has 1 fully saturated rings. The molecule has 0 amide bonds. The summed E-state index contributed by atoms with van der Waals surface area (Å²) >= 11 is 0. The fourth-order valence-electron chi connectivity index (χ4n) is 0.813. The molecule has 0 unspecified atom stereocenters. The van der Waals surface area contributed by atoms with Crippen LogP contribution in [0.5, 0.6) is 0 Å². The average molecular weight is 192 g/mol. The minimum atomic E-state index is -4.24. The third kappa shape index (κ3) is 1.60. The van der Waals surface area contributed by atoms with Crippen molar-refractivity contribution in [2.24, 2.45) is 0 Å². The maximum Gasteiger partial charge on any atom is 0.419 e. The molecule has 0 aliphatic carbocycles. The summed E-state index contributed by atoms with van der Waals surface area (Å²) in [5.41, 5.74) is -1.91. The van der Waals surface area contributed by atoms with Crippen molar-refractivity contribution in [3.8, 4) is 0 Å². The number of nitrogens with one attached hydrogen (secondary N) is 1. The van der Waals surface area contributed by atoms with Crippen LogP contribution in [0.3, 0.4) is 0 Å². The molecule has 1 aliphatic heterocycles. The lowest BCUT2D eigenvalue weighted by Crippen LogP contribution is -2.68. The van der Waals surface area contributed by atoms with Crippen molar-refractivity contribution in [3.05, 3.63) is 0 Å². The molecule has 11 heavy (non-hydrogen) atoms. The highest BCUT2D eigenvalue weighted by molar-refractivity contribution is 5.85. The van der Waals surface area contributed by atoms with E-state index in [0.29, 0.717) is 0 Å². The lowest BCUT2D eigenvalue weighted by atomic mass is 9.96. The highest BCUT2D eigenvalue weighted by Gasteiger charge is 2.59. The van der Waals surface area contributed by atoms with Crippen LogP contribution in [-0.4, -0.2) is 32.0 Å². The van der Waals surface area contributed by atoms with E-state index in [1.54, 1.807) is 0 Å². The standard InChI is InChI=1S/C5H8F3NO.ClH/c1-10-4(2-9-3-4)5(6,7)8;/h9H,2-3H2,1H3;1H. The van der Waals surface area contributed by atoms with Crippen molar-refractivity contribution >= 4 is 12.4 Å². The van der Waals surface area contributed by atoms with E-state index >= 15 is 0 Å². The second-order valence-corrected chi connectivity index (χ2v) is 2.30. The van der Waals surface area contributed by atoms with E-state index in [-0.39, 0.29) is 25.5 Å². The van der Waals surface area contributed by atoms with E-state index in [0.717, 1.165) is 7.11 Å². The van der Waals surface area contributed by atoms with Gasteiger partial charge < -0.3 is 10.1 Å². The number of rotatable bonds is 1. The Balaban J connectivity index is 0.000001000. The van der Waals surface area contributed by atoms with Gasteiger partial charge in [0.2, 0.25) is 0 Å². The van der Waals surface area contributed by atoms with Gasteiger partial charge in [-0.2, -0.15) is 13.2 Å². The molecule has 0 aromatic heterocycles. The number of methoxy groups -OCH3 is 1. The Bertz CT molecular complexity index is 129. The summed E-state index contributed by atoms with van der Waals surface area (Å²) in [6.07, 6.45) is -4.24. The van der Waals surface area contributed by atoms with E-state index in [1.165, 1.54) is 0 Å². The topological polar surface area (TPSA) is 21.3 Å². The van der Waals surface area contributed by atoms with Crippen LogP contribution in [0.15, 0.2) is 0 Å². The van der Waals surface area contributed by atoms with Crippen LogP contribution in [0.4, 0.5) is 13.2 Å². The van der Waals surface area contributed by atoms with E-state index in [2.05, 4.69) is 10.1 Å². The summed E-state index contributed by atoms with van der Waals surface area (Å²) in [4.78, 5) is 0. The molecule has 1 heterocycles. The predicted molar refractivity (Wildman–Crippen MR) is 35.9 cm³/mol. The lowest BCUT2D eigenvalue weighted by molar-refractivity contribution is -0.284. The van der Waals surface area contributed by atoms with Gasteiger partial charge in [-0.05, 0) is 0 Å². The number of ether oxygens (including phenoxy) is 1. The smallest absolute Gasteiger partial charge is 0.366 e. The fraction of sp³-hybridized carbons (Fsp3) is 1.00. The molecule has 1 aliphatic rings. The van der Waals surface area contributed by atoms with E-state index in [4.69, 9.17) is 0 Å². The minimum Gasteiger partial charge on any atom is -0.366 e. The zero-order valence-corrected chi connectivity index (χ0v) is 6.68. The maximum atomic E-state index is 12.0. The average Bonchev–Trinajstić information content (AvgIpc) is 1.58. The second-order valence-electron chi connectivity index (χ2n) is 2.30. The maximum absolute atomic E-state index is 12.0. The molecule has 68 valence electrons. The summed E-state index contributed by atoms with van der Waals surface area (Å²) in [5, 5.41) is 2.51. The zero-order valence-electron chi connectivity index (χ0n) is 5.86. The van der Waals surface area contributed by atoms with Crippen LogP contribution in [0.2, 0.25) is 0 Å². The molecule has 0 atom stereocenters. The monoisotopic (exact) mass is 191 g/mol. The predicted octanol–water partition coefficient (Wildman–Crippen LogP) is 0.959. The Morgan fingerprint density at radius 3 is 1.82 bits per heavy atom. The van der Waals surface area contributed by atoms with Crippen LogP contribution in [0, 0.1) is 0 Å². The molecule has 0 spiro atoms. The summed E-state index contributed by atoms with van der Waals surface area (Å²) in [5.74, 6) is 0. The van der Waals surface area contributed by atoms with Crippen LogP contribution in [0.25, 0.3) is 0 Å². The van der Waals surface area contributed by atoms with Crippen LogP contribution >= 0.6 is 12.4 Å². The van der Waals surface area contributed by atoms with Gasteiger partial charge in [0.05, 0.1) is 0 Å². The van der Waals surface area contributed by atoms with Crippen molar-refractivity contribution in [3.63, 3.8) is 0 Å². The fourth-order valence-corrected chi connectivity index (χ4v) is 0.813. The van der Waals surface area contributed by atoms with Gasteiger partial charge in [-0.15, -0.1) is 12.4 Å². The normalized spacial score (nSPS) is 21.8. The SMILES string of the molecule is COC1(C(F)(F)F)CNC1.Cl. The number of hydrogen-bond donors (Lipinski definition) is 1. The third-order valence-corrected chi connectivity index (χ3v) is 1.73. The van der Waals surface area contributed by atoms with E-state index < -0.39 is 11.8 Å². The van der Waals surface area contributed by atoms with Crippen LogP contribution in [0.1, 0.15) is 0 Å². The Labute approximate surface area is 68.5 Å². The molecule has 6 heteroatoms. The molecule has 1 N–H and O–H groups in total. The molecule has 0 saturated carbocycles. The first-order valence-corrected chi connectivity index (χ1v) is 2.84. The first-order valence-electron chi connectivity index (χ1n) is 2.84. The summed E-state index contributed by atoms with van der Waals surface area (Å²) in [6.45, 7) is -0.264. The second kappa shape index (κ2) is 3.16. The largest absolute Gasteiger partial charge is 0.419 e. The lowest BCUT2D eigenvalue weighted by Gasteiger charge is -2.42. The Hall–Kier alpha value is 0. The van der Waals surface area contributed by atoms with Gasteiger partial charge in [0.1, 0.15) is 0 Å². The van der Waals surface area contributed by atoms with Gasteiger partial charge in [0.25, 0.3) is 0 Å². The van der Waals surface area contributed by atoms with Gasteiger partial charge >= 0.3 is 6.18 Å². The molecular weight excluding hydrogens is 183 g/mol. The molecular formula is C5H9ClF3NO. The number of halogens is 4. The van der Waals surface area contributed by atoms with Crippen molar-refractivity contribution in [1.82, 2.24) is 5.32 Å². The highest BCUT2D eigenvalue weighted by atomic mass is 35.5. The molecule has 0 aromatic rings. The third-order valence-electron chi connectivity index (χ3n) is 1.73. The first kappa shape index (κ1) is 11.0. The van der Waals surface area contributed by atoms with Gasteiger partial charge in [0.15, 0.2) is 5.60 Å². The summed E-state index contributed by atoms with van der Waals surface area (Å²) < 4.78 is 40.3. The van der Waals surface area contributed by atoms with E-state index in [9.17, 15) is 13.2 Å². The molecule has 0 radical (unpaired) electrons. The van der Waals surface area contributed by atoms with Gasteiger partial charge in [0, 0.05) is 20.2 Å². The first-order chi connectivity index (χ1) is 4.52. The highest BCUT2D eigenvalue weighted by Crippen LogP contribution is 2.35. The van der Waals surface area contributed by atoms with Crippen molar-refractivity contribution in [1.29, 1.82) is 0 Å². The number of alkyl halides is 3. The van der Waals surface area contributed by atoms with Gasteiger partial charge in [-0.1, -0.05) is 0 Å². The van der Waals surface area contributed by atoms with Gasteiger partial charge in [-0.25, -0.2) is 0 Å². The summed E-state index contributed by atoms with van der Waals surface area (Å²) in [6, 6.07) is 0. The minimum absolute atomic E-state index is 0. The zero-order chi connectivity index (χ0) is 7.83. The van der Waals surface area contributed by atoms with Crippen molar-refractivity contribution in [2.45, 2.75) is 11.8 Å². The molecule has 1 rings (SSSR count). The van der Waals surface area contributed by atoms with Crippen LogP contribution in [-0.2, 0) is 4.74 Å². The number of hydrogen-bond acceptors (Lipinski definition) is 2. The Morgan fingerprint density at radius 2 is 1.82 bits per heavy atom. The molecule has 1 saturated heterocycles. The summed E-state index contributed by atoms with van der Waals surface area (Å²) in [7, 11) is 1.08. The molecule has 0 bridgehead atoms. The van der Waals surface area contributed by atoms with E-state index in [1.807, 2.05) is 0 Å². The molecule has 0 aromatic carbocycles. The Morgan fingerprint density at radius 1 is 1.36 bits per heavy atom.